The third-order valence-corrected chi connectivity index (χ3v) is 9.40. The lowest BCUT2D eigenvalue weighted by molar-refractivity contribution is -0.119. The number of hydrogen-bond acceptors (Lipinski definition) is 6. The van der Waals surface area contributed by atoms with Crippen LogP contribution in [0.2, 0.25) is 0 Å². The fraction of sp³-hybridized carbons (Fsp3) is 0.667. The second kappa shape index (κ2) is 10.1. The maximum atomic E-state index is 13.2. The van der Waals surface area contributed by atoms with Gasteiger partial charge in [0.15, 0.2) is 0 Å². The van der Waals surface area contributed by atoms with Crippen LogP contribution < -0.4 is 10.2 Å². The topological polar surface area (TPSA) is 107 Å². The highest BCUT2D eigenvalue weighted by molar-refractivity contribution is 7.89. The number of hydrogen-bond donors (Lipinski definition) is 1. The Labute approximate surface area is 191 Å². The van der Waals surface area contributed by atoms with Crippen LogP contribution in [0.4, 0.5) is 11.4 Å². The summed E-state index contributed by atoms with van der Waals surface area (Å²) in [5.74, 6) is -0.436. The molecule has 2 aliphatic rings. The molecule has 2 aliphatic heterocycles. The Morgan fingerprint density at radius 1 is 1.03 bits per heavy atom. The first-order valence-electron chi connectivity index (χ1n) is 11.3. The van der Waals surface area contributed by atoms with Gasteiger partial charge in [0.25, 0.3) is 0 Å². The van der Waals surface area contributed by atoms with Crippen molar-refractivity contribution in [2.24, 2.45) is 0 Å². The molecule has 0 spiro atoms. The van der Waals surface area contributed by atoms with Gasteiger partial charge in [-0.15, -0.1) is 0 Å². The Kier molecular flexibility index (Phi) is 7.85. The van der Waals surface area contributed by atoms with Crippen LogP contribution in [0.15, 0.2) is 23.1 Å². The molecule has 1 atom stereocenters. The summed E-state index contributed by atoms with van der Waals surface area (Å²) in [4.78, 5) is 15.3. The van der Waals surface area contributed by atoms with E-state index in [0.29, 0.717) is 56.9 Å². The lowest BCUT2D eigenvalue weighted by Gasteiger charge is -2.28. The average Bonchev–Trinajstić information content (AvgIpc) is 3.27. The monoisotopic (exact) mass is 486 g/mol. The molecule has 180 valence electrons. The van der Waals surface area contributed by atoms with Crippen molar-refractivity contribution in [3.63, 3.8) is 0 Å². The van der Waals surface area contributed by atoms with Crippen molar-refractivity contribution in [2.45, 2.75) is 56.9 Å². The lowest BCUT2D eigenvalue weighted by Crippen LogP contribution is -2.42. The Morgan fingerprint density at radius 3 is 2.28 bits per heavy atom. The van der Waals surface area contributed by atoms with Crippen molar-refractivity contribution < 1.29 is 21.6 Å². The molecule has 0 aromatic heterocycles. The van der Waals surface area contributed by atoms with Gasteiger partial charge in [-0.25, -0.2) is 16.8 Å². The van der Waals surface area contributed by atoms with Gasteiger partial charge in [-0.3, -0.25) is 4.79 Å². The van der Waals surface area contributed by atoms with Gasteiger partial charge in [0, 0.05) is 32.7 Å². The van der Waals surface area contributed by atoms with Crippen LogP contribution in [0.3, 0.4) is 0 Å². The second-order valence-corrected chi connectivity index (χ2v) is 12.2. The number of benzene rings is 1. The van der Waals surface area contributed by atoms with E-state index in [1.165, 1.54) is 14.7 Å². The zero-order valence-electron chi connectivity index (χ0n) is 19.1. The summed E-state index contributed by atoms with van der Waals surface area (Å²) < 4.78 is 53.3. The van der Waals surface area contributed by atoms with Crippen LogP contribution >= 0.6 is 0 Å². The molecule has 9 nitrogen and oxygen atoms in total. The van der Waals surface area contributed by atoms with E-state index in [1.807, 2.05) is 18.7 Å². The first-order valence-corrected chi connectivity index (χ1v) is 14.5. The average molecular weight is 487 g/mol. The Balaban J connectivity index is 1.96. The Bertz CT molecular complexity index is 1030. The molecule has 0 radical (unpaired) electrons. The van der Waals surface area contributed by atoms with Crippen molar-refractivity contribution in [1.82, 2.24) is 8.61 Å². The van der Waals surface area contributed by atoms with E-state index in [9.17, 15) is 21.6 Å². The van der Waals surface area contributed by atoms with Crippen molar-refractivity contribution in [1.29, 1.82) is 0 Å². The summed E-state index contributed by atoms with van der Waals surface area (Å²) in [7, 11) is -7.18. The zero-order chi connectivity index (χ0) is 23.5. The van der Waals surface area contributed by atoms with Crippen LogP contribution in [0.5, 0.6) is 0 Å². The van der Waals surface area contributed by atoms with Crippen LogP contribution in [-0.2, 0) is 24.8 Å². The van der Waals surface area contributed by atoms with E-state index in [4.69, 9.17) is 0 Å². The maximum absolute atomic E-state index is 13.2. The zero-order valence-corrected chi connectivity index (χ0v) is 20.7. The van der Waals surface area contributed by atoms with Gasteiger partial charge in [0.05, 0.1) is 22.5 Å². The molecular formula is C21H34N4O5S2. The Morgan fingerprint density at radius 2 is 1.69 bits per heavy atom. The van der Waals surface area contributed by atoms with Gasteiger partial charge in [0.1, 0.15) is 6.04 Å². The van der Waals surface area contributed by atoms with Crippen molar-refractivity contribution in [2.75, 3.05) is 49.2 Å². The molecule has 2 heterocycles. The minimum atomic E-state index is -3.67. The molecule has 1 aromatic carbocycles. The minimum Gasteiger partial charge on any atom is -0.370 e. The predicted octanol–water partition coefficient (Wildman–Crippen LogP) is 2.07. The van der Waals surface area contributed by atoms with Crippen LogP contribution in [0.1, 0.15) is 46.0 Å². The number of nitrogens with zero attached hydrogens (tertiary/aromatic N) is 3. The highest BCUT2D eigenvalue weighted by atomic mass is 32.2. The molecule has 2 saturated heterocycles. The van der Waals surface area contributed by atoms with E-state index in [1.54, 1.807) is 12.1 Å². The molecule has 1 aromatic rings. The van der Waals surface area contributed by atoms with Crippen LogP contribution in [0.25, 0.3) is 0 Å². The molecule has 0 aliphatic carbocycles. The molecule has 0 bridgehead atoms. The number of carbonyl (C=O) groups is 1. The van der Waals surface area contributed by atoms with Crippen molar-refractivity contribution in [3.8, 4) is 0 Å². The van der Waals surface area contributed by atoms with E-state index < -0.39 is 32.0 Å². The highest BCUT2D eigenvalue weighted by Gasteiger charge is 2.37. The summed E-state index contributed by atoms with van der Waals surface area (Å²) in [5.41, 5.74) is 1.10. The summed E-state index contributed by atoms with van der Waals surface area (Å²) in [6, 6.07) is 4.03. The van der Waals surface area contributed by atoms with Gasteiger partial charge < -0.3 is 10.2 Å². The largest absolute Gasteiger partial charge is 0.370 e. The van der Waals surface area contributed by atoms with E-state index in [-0.39, 0.29) is 4.90 Å². The smallest absolute Gasteiger partial charge is 0.243 e. The van der Waals surface area contributed by atoms with Crippen LogP contribution in [-0.4, -0.2) is 76.4 Å². The van der Waals surface area contributed by atoms with Crippen LogP contribution in [0, 0.1) is 0 Å². The molecule has 32 heavy (non-hydrogen) atoms. The van der Waals surface area contributed by atoms with Gasteiger partial charge in [0.2, 0.25) is 26.0 Å². The summed E-state index contributed by atoms with van der Waals surface area (Å²) in [5, 5.41) is 2.85. The first-order chi connectivity index (χ1) is 15.1. The molecule has 11 heteroatoms. The SMILES string of the molecule is CCN(CC)c1ccc(S(=O)(=O)N2CCCCC2)cc1NC(=O)C1CCCN1S(C)(=O)=O. The number of carbonyl (C=O) groups excluding carboxylic acids is 1. The van der Waals surface area contributed by atoms with E-state index >= 15 is 0 Å². The normalized spacial score (nSPS) is 20.9. The fourth-order valence-corrected chi connectivity index (χ4v) is 7.15. The van der Waals surface area contributed by atoms with E-state index in [0.717, 1.165) is 25.5 Å². The molecular weight excluding hydrogens is 452 g/mol. The van der Waals surface area contributed by atoms with Gasteiger partial charge in [-0.2, -0.15) is 8.61 Å². The molecule has 1 unspecified atom stereocenters. The van der Waals surface area contributed by atoms with Gasteiger partial charge in [-0.1, -0.05) is 6.42 Å². The third-order valence-electron chi connectivity index (χ3n) is 6.22. The first kappa shape index (κ1) is 24.9. The number of piperidine rings is 1. The number of amides is 1. The highest BCUT2D eigenvalue weighted by Crippen LogP contribution is 2.32. The van der Waals surface area contributed by atoms with Gasteiger partial charge >= 0.3 is 0 Å². The maximum Gasteiger partial charge on any atom is 0.243 e. The molecule has 0 saturated carbocycles. The number of sulfonamides is 2. The molecule has 1 amide bonds. The number of rotatable bonds is 8. The second-order valence-electron chi connectivity index (χ2n) is 8.34. The molecule has 2 fully saturated rings. The third kappa shape index (κ3) is 5.27. The number of nitrogens with one attached hydrogen (secondary N) is 1. The summed E-state index contributed by atoms with van der Waals surface area (Å²) >= 11 is 0. The predicted molar refractivity (Wildman–Crippen MR) is 126 cm³/mol. The fourth-order valence-electron chi connectivity index (χ4n) is 4.49. The van der Waals surface area contributed by atoms with Gasteiger partial charge in [-0.05, 0) is 57.7 Å². The lowest BCUT2D eigenvalue weighted by atomic mass is 10.2. The quantitative estimate of drug-likeness (QED) is 0.603. The van der Waals surface area contributed by atoms with E-state index in [2.05, 4.69) is 5.32 Å². The molecule has 1 N–H and O–H groups in total. The standard InChI is InChI=1S/C21H34N4O5S2/c1-4-23(5-2)19-12-11-17(32(29,30)24-13-7-6-8-14-24)16-18(19)22-21(26)20-10-9-15-25(20)31(3,27)28/h11-12,16,20H,4-10,13-15H2,1-3H3,(H,22,26). The van der Waals surface area contributed by atoms with Crippen molar-refractivity contribution >= 4 is 37.3 Å². The van der Waals surface area contributed by atoms with Crippen molar-refractivity contribution in [3.05, 3.63) is 18.2 Å². The number of anilines is 2. The summed E-state index contributed by atoms with van der Waals surface area (Å²) in [6.45, 7) is 6.61. The molecule has 3 rings (SSSR count). The summed E-state index contributed by atoms with van der Waals surface area (Å²) in [6.07, 6.45) is 4.84. The Hall–Kier alpha value is -1.69. The minimum absolute atomic E-state index is 0.136.